The highest BCUT2D eigenvalue weighted by Gasteiger charge is 2.38. The quantitative estimate of drug-likeness (QED) is 0.439. The van der Waals surface area contributed by atoms with Crippen LogP contribution in [0.2, 0.25) is 0 Å². The van der Waals surface area contributed by atoms with E-state index in [4.69, 9.17) is 0 Å². The second-order valence-corrected chi connectivity index (χ2v) is 7.52. The Morgan fingerprint density at radius 3 is 2.62 bits per heavy atom. The fourth-order valence-corrected chi connectivity index (χ4v) is 3.91. The first-order valence-electron chi connectivity index (χ1n) is 7.30. The van der Waals surface area contributed by atoms with Gasteiger partial charge in [0.1, 0.15) is 7.11 Å². The van der Waals surface area contributed by atoms with E-state index in [0.29, 0.717) is 0 Å². The Bertz CT molecular complexity index is 732. The van der Waals surface area contributed by atoms with E-state index in [9.17, 15) is 18.4 Å². The third kappa shape index (κ3) is 3.82. The molecule has 1 unspecified atom stereocenters. The fraction of sp³-hybridized carbons (Fsp3) is 0.500. The molecule has 1 atom stereocenters. The van der Waals surface area contributed by atoms with Gasteiger partial charge in [0.15, 0.2) is 5.28 Å². The maximum atomic E-state index is 12.7. The van der Waals surface area contributed by atoms with Crippen LogP contribution in [-0.4, -0.2) is 61.3 Å². The maximum absolute atomic E-state index is 12.7. The number of benzene rings is 1. The van der Waals surface area contributed by atoms with E-state index in [0.717, 1.165) is 5.56 Å². The van der Waals surface area contributed by atoms with Crippen LogP contribution in [0, 0.1) is 12.1 Å². The van der Waals surface area contributed by atoms with E-state index in [1.54, 1.807) is 19.1 Å². The van der Waals surface area contributed by atoms with Crippen LogP contribution in [0.1, 0.15) is 12.5 Å². The highest BCUT2D eigenvalue weighted by atomic mass is 32.2. The van der Waals surface area contributed by atoms with Gasteiger partial charge in [-0.15, -0.1) is 0 Å². The van der Waals surface area contributed by atoms with Gasteiger partial charge in [-0.1, -0.05) is 17.7 Å². The standard InChI is InChI=1S/C14H20N4O5S/c1-11-4-6-13(7-5-11)24(21,22)16-8-12(2)17(10-16)14(19)9-18(20)15-23-3/h4-7,12H,8-10H2,1-3H3/b18-15-. The summed E-state index contributed by atoms with van der Waals surface area (Å²) in [7, 11) is -2.50. The molecule has 24 heavy (non-hydrogen) atoms. The number of hydrogen-bond donors (Lipinski definition) is 0. The number of amides is 1. The zero-order chi connectivity index (χ0) is 17.9. The van der Waals surface area contributed by atoms with Gasteiger partial charge in [-0.05, 0) is 30.8 Å². The van der Waals surface area contributed by atoms with E-state index in [2.05, 4.69) is 10.1 Å². The summed E-state index contributed by atoms with van der Waals surface area (Å²) in [6.07, 6.45) is 0. The zero-order valence-corrected chi connectivity index (χ0v) is 14.6. The summed E-state index contributed by atoms with van der Waals surface area (Å²) in [4.78, 5) is 18.1. The Kier molecular flexibility index (Phi) is 5.40. The van der Waals surface area contributed by atoms with Gasteiger partial charge in [-0.2, -0.15) is 4.31 Å². The van der Waals surface area contributed by atoms with Crippen LogP contribution < -0.4 is 0 Å². The molecule has 1 saturated heterocycles. The van der Waals surface area contributed by atoms with Gasteiger partial charge in [0, 0.05) is 12.6 Å². The summed E-state index contributed by atoms with van der Waals surface area (Å²) < 4.78 is 26.5. The first-order valence-corrected chi connectivity index (χ1v) is 8.74. The van der Waals surface area contributed by atoms with Gasteiger partial charge < -0.3 is 14.9 Å². The van der Waals surface area contributed by atoms with Gasteiger partial charge in [0.05, 0.1) is 11.6 Å². The van der Waals surface area contributed by atoms with Crippen LogP contribution in [0.15, 0.2) is 34.4 Å². The van der Waals surface area contributed by atoms with Crippen LogP contribution >= 0.6 is 0 Å². The number of aryl methyl sites for hydroxylation is 1. The monoisotopic (exact) mass is 356 g/mol. The Hall–Kier alpha value is -2.20. The van der Waals surface area contributed by atoms with Crippen molar-refractivity contribution in [2.24, 2.45) is 5.28 Å². The second kappa shape index (κ2) is 7.14. The van der Waals surface area contributed by atoms with Crippen LogP contribution in [0.4, 0.5) is 0 Å². The number of nitrogens with zero attached hydrogens (tertiary/aromatic N) is 4. The Morgan fingerprint density at radius 1 is 1.42 bits per heavy atom. The average Bonchev–Trinajstić information content (AvgIpc) is 2.90. The molecule has 1 fully saturated rings. The lowest BCUT2D eigenvalue weighted by Gasteiger charge is -2.19. The number of sulfonamides is 1. The van der Waals surface area contributed by atoms with Crippen molar-refractivity contribution >= 4 is 15.9 Å². The highest BCUT2D eigenvalue weighted by molar-refractivity contribution is 7.89. The molecule has 1 amide bonds. The minimum atomic E-state index is -3.69. The molecule has 132 valence electrons. The molecule has 1 aromatic carbocycles. The molecule has 0 radical (unpaired) electrons. The Morgan fingerprint density at radius 2 is 2.04 bits per heavy atom. The molecule has 0 bridgehead atoms. The van der Waals surface area contributed by atoms with E-state index < -0.39 is 22.5 Å². The third-order valence-corrected chi connectivity index (χ3v) is 5.54. The van der Waals surface area contributed by atoms with E-state index in [-0.39, 0.29) is 29.0 Å². The molecule has 0 aliphatic carbocycles. The van der Waals surface area contributed by atoms with Crippen molar-refractivity contribution in [2.75, 3.05) is 26.9 Å². The summed E-state index contributed by atoms with van der Waals surface area (Å²) in [5, 5.41) is 14.4. The van der Waals surface area contributed by atoms with Crippen LogP contribution in [0.25, 0.3) is 0 Å². The number of carbonyl (C=O) groups is 1. The molecule has 1 heterocycles. The van der Waals surface area contributed by atoms with E-state index in [1.165, 1.54) is 28.4 Å². The zero-order valence-electron chi connectivity index (χ0n) is 13.7. The van der Waals surface area contributed by atoms with Crippen LogP contribution in [0.5, 0.6) is 0 Å². The molecule has 0 N–H and O–H groups in total. The number of rotatable bonds is 5. The minimum Gasteiger partial charge on any atom is -0.597 e. The van der Waals surface area contributed by atoms with Crippen LogP contribution in [0.3, 0.4) is 0 Å². The summed E-state index contributed by atoms with van der Waals surface area (Å²) >= 11 is 0. The molecule has 2 rings (SSSR count). The van der Waals surface area contributed by atoms with E-state index >= 15 is 0 Å². The summed E-state index contributed by atoms with van der Waals surface area (Å²) in [6, 6.07) is 6.18. The average molecular weight is 356 g/mol. The molecule has 1 aromatic rings. The van der Waals surface area contributed by atoms with Crippen molar-refractivity contribution in [3.05, 3.63) is 35.0 Å². The first-order chi connectivity index (χ1) is 11.3. The molecular weight excluding hydrogens is 336 g/mol. The lowest BCUT2D eigenvalue weighted by Crippen LogP contribution is -2.39. The van der Waals surface area contributed by atoms with Crippen molar-refractivity contribution in [3.63, 3.8) is 0 Å². The van der Waals surface area contributed by atoms with Gasteiger partial charge in [0.2, 0.25) is 10.0 Å². The van der Waals surface area contributed by atoms with Gasteiger partial charge in [-0.3, -0.25) is 4.79 Å². The summed E-state index contributed by atoms with van der Waals surface area (Å²) in [6.45, 7) is 3.13. The molecule has 0 aromatic heterocycles. The first kappa shape index (κ1) is 18.1. The predicted molar refractivity (Wildman–Crippen MR) is 84.2 cm³/mol. The molecular formula is C14H20N4O5S. The van der Waals surface area contributed by atoms with Crippen molar-refractivity contribution in [1.29, 1.82) is 0 Å². The predicted octanol–water partition coefficient (Wildman–Crippen LogP) is 0.698. The smallest absolute Gasteiger partial charge is 0.293 e. The van der Waals surface area contributed by atoms with Crippen molar-refractivity contribution in [3.8, 4) is 0 Å². The van der Waals surface area contributed by atoms with Crippen molar-refractivity contribution in [2.45, 2.75) is 24.8 Å². The fourth-order valence-electron chi connectivity index (χ4n) is 2.44. The van der Waals surface area contributed by atoms with Gasteiger partial charge in [-0.25, -0.2) is 8.42 Å². The van der Waals surface area contributed by atoms with Gasteiger partial charge in [0.25, 0.3) is 12.5 Å². The number of hydroxylamine groups is 1. The largest absolute Gasteiger partial charge is 0.597 e. The summed E-state index contributed by atoms with van der Waals surface area (Å²) in [5.74, 6) is -0.514. The molecule has 1 aliphatic heterocycles. The van der Waals surface area contributed by atoms with Crippen molar-refractivity contribution < 1.29 is 22.9 Å². The summed E-state index contributed by atoms with van der Waals surface area (Å²) in [5.41, 5.74) is 0.956. The molecule has 9 nitrogen and oxygen atoms in total. The Balaban J connectivity index is 2.13. The maximum Gasteiger partial charge on any atom is 0.293 e. The lowest BCUT2D eigenvalue weighted by molar-refractivity contribution is -0.547. The second-order valence-electron chi connectivity index (χ2n) is 5.58. The van der Waals surface area contributed by atoms with Gasteiger partial charge >= 0.3 is 0 Å². The molecule has 0 spiro atoms. The number of carbonyl (C=O) groups excluding carboxylic acids is 1. The SMILES string of the molecule is CO/N=[N+](\[O-])CC(=O)N1CN(S(=O)(=O)c2ccc(C)cc2)CC1C. The molecule has 1 aliphatic rings. The Labute approximate surface area is 140 Å². The minimum absolute atomic E-state index is 0.100. The normalized spacial score (nSPS) is 19.5. The van der Waals surface area contributed by atoms with Crippen molar-refractivity contribution in [1.82, 2.24) is 9.21 Å². The third-order valence-electron chi connectivity index (χ3n) is 3.73. The topological polar surface area (TPSA) is 105 Å². The molecule has 0 saturated carbocycles. The number of hydrogen-bond acceptors (Lipinski definition) is 6. The molecule has 10 heteroatoms. The lowest BCUT2D eigenvalue weighted by atomic mass is 10.2. The van der Waals surface area contributed by atoms with Crippen LogP contribution in [-0.2, 0) is 19.7 Å². The van der Waals surface area contributed by atoms with E-state index in [1.807, 2.05) is 6.92 Å². The highest BCUT2D eigenvalue weighted by Crippen LogP contribution is 2.22.